The van der Waals surface area contributed by atoms with Crippen molar-refractivity contribution in [3.05, 3.63) is 18.0 Å². The molecule has 0 saturated carbocycles. The molecule has 0 radical (unpaired) electrons. The number of hydrogen-bond acceptors (Lipinski definition) is 4. The van der Waals surface area contributed by atoms with Crippen LogP contribution in [-0.2, 0) is 16.6 Å². The predicted octanol–water partition coefficient (Wildman–Crippen LogP) is 1.81. The molecule has 0 aliphatic rings. The molecule has 0 amide bonds. The first-order valence-electron chi connectivity index (χ1n) is 6.71. The lowest BCUT2D eigenvalue weighted by Crippen LogP contribution is -2.29. The van der Waals surface area contributed by atoms with Crippen LogP contribution >= 0.6 is 11.8 Å². The lowest BCUT2D eigenvalue weighted by atomic mass is 10.2. The number of nitrogens with two attached hydrogens (primary N) is 1. The Hall–Kier alpha value is -0.500. The van der Waals surface area contributed by atoms with Crippen LogP contribution in [0.2, 0.25) is 0 Å². The normalized spacial score (nSPS) is 13.9. The van der Waals surface area contributed by atoms with E-state index in [9.17, 15) is 8.42 Å². The molecule has 1 rings (SSSR count). The van der Waals surface area contributed by atoms with Crippen LogP contribution in [-0.4, -0.2) is 31.5 Å². The van der Waals surface area contributed by atoms with Gasteiger partial charge in [0.25, 0.3) is 0 Å². The molecule has 0 aliphatic carbocycles. The summed E-state index contributed by atoms with van der Waals surface area (Å²) in [4.78, 5) is 0.294. The number of sulfonamides is 1. The lowest BCUT2D eigenvalue weighted by molar-refractivity contribution is 0.559. The summed E-state index contributed by atoms with van der Waals surface area (Å²) in [6, 6.07) is 1.84. The predicted molar refractivity (Wildman–Crippen MR) is 85.4 cm³/mol. The van der Waals surface area contributed by atoms with Gasteiger partial charge in [0.1, 0.15) is 0 Å². The first kappa shape index (κ1) is 17.6. The van der Waals surface area contributed by atoms with Gasteiger partial charge in [-0.15, -0.1) is 0 Å². The summed E-state index contributed by atoms with van der Waals surface area (Å²) in [5.74, 6) is 1.24. The van der Waals surface area contributed by atoms with Gasteiger partial charge < -0.3 is 10.3 Å². The third kappa shape index (κ3) is 4.51. The Labute approximate surface area is 126 Å². The van der Waals surface area contributed by atoms with Crippen molar-refractivity contribution in [2.24, 2.45) is 11.7 Å². The number of nitrogens with zero attached hydrogens (tertiary/aromatic N) is 1. The van der Waals surface area contributed by atoms with Crippen LogP contribution in [0.5, 0.6) is 0 Å². The van der Waals surface area contributed by atoms with Crippen molar-refractivity contribution >= 4 is 21.8 Å². The summed E-state index contributed by atoms with van der Waals surface area (Å²) in [7, 11) is -3.45. The van der Waals surface area contributed by atoms with Crippen molar-refractivity contribution in [3.8, 4) is 0 Å². The Balaban J connectivity index is 2.87. The van der Waals surface area contributed by atoms with Crippen molar-refractivity contribution in [1.82, 2.24) is 9.29 Å². The average molecular weight is 319 g/mol. The van der Waals surface area contributed by atoms with Crippen molar-refractivity contribution in [3.63, 3.8) is 0 Å². The van der Waals surface area contributed by atoms with Crippen LogP contribution < -0.4 is 10.5 Å². The van der Waals surface area contributed by atoms with Gasteiger partial charge in [-0.05, 0) is 37.8 Å². The molecule has 1 heterocycles. The first-order chi connectivity index (χ1) is 9.31. The maximum atomic E-state index is 12.3. The fourth-order valence-electron chi connectivity index (χ4n) is 1.97. The van der Waals surface area contributed by atoms with Crippen LogP contribution in [0.25, 0.3) is 0 Å². The van der Waals surface area contributed by atoms with E-state index in [0.29, 0.717) is 23.9 Å². The van der Waals surface area contributed by atoms with E-state index in [1.165, 1.54) is 0 Å². The maximum absolute atomic E-state index is 12.3. The Kier molecular flexibility index (Phi) is 6.57. The van der Waals surface area contributed by atoms with Crippen molar-refractivity contribution in [2.75, 3.05) is 18.6 Å². The van der Waals surface area contributed by atoms with Gasteiger partial charge in [0.15, 0.2) is 0 Å². The molecule has 1 aromatic heterocycles. The van der Waals surface area contributed by atoms with Crippen LogP contribution in [0.4, 0.5) is 0 Å². The van der Waals surface area contributed by atoms with E-state index >= 15 is 0 Å². The number of hydrogen-bond donors (Lipinski definition) is 2. The van der Waals surface area contributed by atoms with Crippen LogP contribution in [0, 0.1) is 5.92 Å². The molecule has 0 aromatic carbocycles. The topological polar surface area (TPSA) is 77.1 Å². The molecule has 0 bridgehead atoms. The zero-order valence-electron chi connectivity index (χ0n) is 12.6. The van der Waals surface area contributed by atoms with E-state index in [1.807, 2.05) is 31.6 Å². The van der Waals surface area contributed by atoms with Gasteiger partial charge in [0, 0.05) is 31.0 Å². The number of nitrogens with one attached hydrogen (secondary N) is 1. The summed E-state index contributed by atoms with van der Waals surface area (Å²) in [6.45, 7) is 6.82. The van der Waals surface area contributed by atoms with Gasteiger partial charge in [-0.25, -0.2) is 13.1 Å². The largest absolute Gasteiger partial charge is 0.346 e. The van der Waals surface area contributed by atoms with E-state index in [2.05, 4.69) is 4.72 Å². The maximum Gasteiger partial charge on any atom is 0.242 e. The highest BCUT2D eigenvalue weighted by Crippen LogP contribution is 2.18. The molecule has 0 spiro atoms. The second-order valence-electron chi connectivity index (χ2n) is 5.28. The SMILES string of the molecule is CSCC(C)CNS(=O)(=O)c1cc(CN)n(C(C)C)c1. The standard InChI is InChI=1S/C13H25N3O2S2/c1-10(2)16-8-13(5-12(16)6-14)20(17,18)15-7-11(3)9-19-4/h5,8,10-11,15H,6-7,9,14H2,1-4H3. The molecule has 1 aromatic rings. The van der Waals surface area contributed by atoms with E-state index in [1.54, 1.807) is 24.0 Å². The van der Waals surface area contributed by atoms with Gasteiger partial charge in [-0.3, -0.25) is 0 Å². The van der Waals surface area contributed by atoms with Gasteiger partial charge in [0.05, 0.1) is 4.90 Å². The minimum absolute atomic E-state index is 0.188. The summed E-state index contributed by atoms with van der Waals surface area (Å²) in [5, 5.41) is 0. The second-order valence-corrected chi connectivity index (χ2v) is 7.96. The highest BCUT2D eigenvalue weighted by Gasteiger charge is 2.19. The highest BCUT2D eigenvalue weighted by atomic mass is 32.2. The molecule has 5 nitrogen and oxygen atoms in total. The van der Waals surface area contributed by atoms with Crippen molar-refractivity contribution < 1.29 is 8.42 Å². The van der Waals surface area contributed by atoms with Gasteiger partial charge in [0.2, 0.25) is 10.0 Å². The summed E-state index contributed by atoms with van der Waals surface area (Å²) >= 11 is 1.71. The Morgan fingerprint density at radius 3 is 2.50 bits per heavy atom. The molecule has 3 N–H and O–H groups in total. The molecule has 0 aliphatic heterocycles. The Morgan fingerprint density at radius 2 is 2.05 bits per heavy atom. The van der Waals surface area contributed by atoms with Crippen LogP contribution in [0.3, 0.4) is 0 Å². The van der Waals surface area contributed by atoms with E-state index < -0.39 is 10.0 Å². The number of thioether (sulfide) groups is 1. The minimum atomic E-state index is -3.45. The number of rotatable bonds is 8. The summed E-state index contributed by atoms with van der Waals surface area (Å²) < 4.78 is 29.1. The molecule has 7 heteroatoms. The highest BCUT2D eigenvalue weighted by molar-refractivity contribution is 7.98. The minimum Gasteiger partial charge on any atom is -0.346 e. The van der Waals surface area contributed by atoms with Crippen LogP contribution in [0.1, 0.15) is 32.5 Å². The third-order valence-electron chi connectivity index (χ3n) is 3.06. The monoisotopic (exact) mass is 319 g/mol. The molecule has 20 heavy (non-hydrogen) atoms. The quantitative estimate of drug-likeness (QED) is 0.766. The van der Waals surface area contributed by atoms with E-state index in [0.717, 1.165) is 11.4 Å². The lowest BCUT2D eigenvalue weighted by Gasteiger charge is -2.11. The molecule has 116 valence electrons. The van der Waals surface area contributed by atoms with Crippen molar-refractivity contribution in [1.29, 1.82) is 0 Å². The van der Waals surface area contributed by atoms with Gasteiger partial charge in [-0.2, -0.15) is 11.8 Å². The van der Waals surface area contributed by atoms with Crippen molar-refractivity contribution in [2.45, 2.75) is 38.3 Å². The molecule has 0 saturated heterocycles. The molecular formula is C13H25N3O2S2. The smallest absolute Gasteiger partial charge is 0.242 e. The number of aromatic nitrogens is 1. The summed E-state index contributed by atoms with van der Waals surface area (Å²) in [6.07, 6.45) is 3.68. The Morgan fingerprint density at radius 1 is 1.40 bits per heavy atom. The molecule has 1 atom stereocenters. The fraction of sp³-hybridized carbons (Fsp3) is 0.692. The summed E-state index contributed by atoms with van der Waals surface area (Å²) in [5.41, 5.74) is 6.50. The molecular weight excluding hydrogens is 294 g/mol. The third-order valence-corrected chi connectivity index (χ3v) is 5.35. The zero-order chi connectivity index (χ0) is 15.3. The molecule has 1 unspecified atom stereocenters. The Bertz CT molecular complexity index is 524. The van der Waals surface area contributed by atoms with E-state index in [4.69, 9.17) is 5.73 Å². The fourth-order valence-corrected chi connectivity index (χ4v) is 3.87. The van der Waals surface area contributed by atoms with Gasteiger partial charge >= 0.3 is 0 Å². The molecule has 0 fully saturated rings. The first-order valence-corrected chi connectivity index (χ1v) is 9.59. The van der Waals surface area contributed by atoms with Gasteiger partial charge in [-0.1, -0.05) is 6.92 Å². The second kappa shape index (κ2) is 7.49. The van der Waals surface area contributed by atoms with Crippen LogP contribution in [0.15, 0.2) is 17.2 Å². The van der Waals surface area contributed by atoms with E-state index in [-0.39, 0.29) is 6.04 Å². The average Bonchev–Trinajstić information content (AvgIpc) is 2.82. The zero-order valence-corrected chi connectivity index (χ0v) is 14.2.